The van der Waals surface area contributed by atoms with Gasteiger partial charge in [-0.1, -0.05) is 36.7 Å². The number of anilines is 1. The topological polar surface area (TPSA) is 127 Å². The van der Waals surface area contributed by atoms with Gasteiger partial charge in [0.15, 0.2) is 22.9 Å². The van der Waals surface area contributed by atoms with Crippen molar-refractivity contribution in [2.75, 3.05) is 18.6 Å². The molecule has 1 aliphatic heterocycles. The van der Waals surface area contributed by atoms with Gasteiger partial charge in [-0.05, 0) is 54.4 Å². The van der Waals surface area contributed by atoms with E-state index in [-0.39, 0.29) is 40.5 Å². The van der Waals surface area contributed by atoms with Gasteiger partial charge in [-0.2, -0.15) is 0 Å². The van der Waals surface area contributed by atoms with Crippen LogP contribution in [0.5, 0.6) is 11.5 Å². The molecule has 10 heteroatoms. The maximum atomic E-state index is 13.9. The molecule has 3 aromatic carbocycles. The van der Waals surface area contributed by atoms with Gasteiger partial charge in [0.05, 0.1) is 30.9 Å². The molecule has 0 saturated heterocycles. The Morgan fingerprint density at radius 2 is 1.80 bits per heavy atom. The van der Waals surface area contributed by atoms with Crippen molar-refractivity contribution in [3.63, 3.8) is 0 Å². The van der Waals surface area contributed by atoms with E-state index in [0.717, 1.165) is 0 Å². The third kappa shape index (κ3) is 4.76. The summed E-state index contributed by atoms with van der Waals surface area (Å²) >= 11 is 6.17. The van der Waals surface area contributed by atoms with E-state index in [4.69, 9.17) is 25.5 Å². The van der Waals surface area contributed by atoms with E-state index in [1.54, 1.807) is 24.3 Å². The Kier molecular flexibility index (Phi) is 7.23. The van der Waals surface area contributed by atoms with Crippen molar-refractivity contribution in [2.24, 2.45) is 0 Å². The molecule has 1 atom stereocenters. The molecular formula is C30H24ClNO8. The van der Waals surface area contributed by atoms with Crippen LogP contribution < -0.4 is 9.64 Å². The quantitative estimate of drug-likeness (QED) is 0.194. The number of ketones is 1. The molecule has 2 heterocycles. The molecule has 9 nitrogen and oxygen atoms in total. The number of aromatic hydroxyl groups is 1. The van der Waals surface area contributed by atoms with Gasteiger partial charge in [-0.3, -0.25) is 14.5 Å². The van der Waals surface area contributed by atoms with E-state index in [9.17, 15) is 24.6 Å². The zero-order valence-corrected chi connectivity index (χ0v) is 22.3. The van der Waals surface area contributed by atoms with Crippen molar-refractivity contribution in [1.82, 2.24) is 0 Å². The average molecular weight is 562 g/mol. The molecule has 4 aromatic rings. The number of rotatable bonds is 8. The highest BCUT2D eigenvalue weighted by molar-refractivity contribution is 6.31. The average Bonchev–Trinajstić information content (AvgIpc) is 3.50. The number of phenols is 1. The molecule has 2 N–H and O–H groups in total. The summed E-state index contributed by atoms with van der Waals surface area (Å²) in [6, 6.07) is 15.5. The molecule has 1 aliphatic rings. The zero-order chi connectivity index (χ0) is 28.6. The number of aliphatic hydroxyl groups excluding tert-OH is 1. The Morgan fingerprint density at radius 1 is 1.05 bits per heavy atom. The van der Waals surface area contributed by atoms with Crippen LogP contribution in [-0.4, -0.2) is 41.6 Å². The Bertz CT molecular complexity index is 1670. The molecule has 0 saturated carbocycles. The van der Waals surface area contributed by atoms with E-state index < -0.39 is 29.5 Å². The number of Topliss-reactive ketones (excluding diaryl/α,β-unsaturated/α-hetero) is 1. The maximum Gasteiger partial charge on any atom is 0.338 e. The summed E-state index contributed by atoms with van der Waals surface area (Å²) in [7, 11) is 1.43. The van der Waals surface area contributed by atoms with E-state index in [0.29, 0.717) is 28.1 Å². The monoisotopic (exact) mass is 561 g/mol. The smallest absolute Gasteiger partial charge is 0.338 e. The van der Waals surface area contributed by atoms with Gasteiger partial charge in [0.1, 0.15) is 5.75 Å². The molecule has 0 radical (unpaired) electrons. The SMILES string of the molecule is CCCOC(=O)c1cccc(N2C(=O)C(O)=C(C(=O)c3cc4cc(Cl)cc(OC)c4o3)C2c2ccc(O)cc2)c1. The van der Waals surface area contributed by atoms with Crippen molar-refractivity contribution in [3.8, 4) is 11.5 Å². The van der Waals surface area contributed by atoms with Crippen LogP contribution in [0.1, 0.15) is 45.9 Å². The molecule has 1 amide bonds. The van der Waals surface area contributed by atoms with E-state index in [2.05, 4.69) is 0 Å². The first-order valence-electron chi connectivity index (χ1n) is 12.4. The van der Waals surface area contributed by atoms with E-state index in [1.807, 2.05) is 6.92 Å². The Morgan fingerprint density at radius 3 is 2.50 bits per heavy atom. The van der Waals surface area contributed by atoms with Crippen LogP contribution in [0.4, 0.5) is 5.69 Å². The number of ether oxygens (including phenoxy) is 2. The number of halogens is 1. The molecular weight excluding hydrogens is 538 g/mol. The fourth-order valence-corrected chi connectivity index (χ4v) is 4.84. The number of esters is 1. The highest BCUT2D eigenvalue weighted by atomic mass is 35.5. The molecule has 0 bridgehead atoms. The van der Waals surface area contributed by atoms with E-state index >= 15 is 0 Å². The summed E-state index contributed by atoms with van der Waals surface area (Å²) in [5.41, 5.74) is 0.911. The fourth-order valence-electron chi connectivity index (χ4n) is 4.62. The van der Waals surface area contributed by atoms with Crippen molar-refractivity contribution >= 4 is 45.9 Å². The van der Waals surface area contributed by atoms with Crippen LogP contribution in [-0.2, 0) is 9.53 Å². The largest absolute Gasteiger partial charge is 0.508 e. The second-order valence-electron chi connectivity index (χ2n) is 9.08. The molecule has 0 spiro atoms. The minimum atomic E-state index is -1.11. The lowest BCUT2D eigenvalue weighted by Crippen LogP contribution is -2.31. The Hall–Kier alpha value is -4.76. The molecule has 40 heavy (non-hydrogen) atoms. The van der Waals surface area contributed by atoms with Gasteiger partial charge in [0, 0.05) is 22.2 Å². The molecule has 1 aromatic heterocycles. The normalized spacial score (nSPS) is 15.1. The number of carbonyl (C=O) groups is 3. The number of amides is 1. The van der Waals surface area contributed by atoms with Gasteiger partial charge < -0.3 is 24.1 Å². The van der Waals surface area contributed by atoms with Crippen LogP contribution in [0, 0.1) is 0 Å². The van der Waals surface area contributed by atoms with Gasteiger partial charge in [-0.25, -0.2) is 4.79 Å². The van der Waals surface area contributed by atoms with Crippen LogP contribution in [0.2, 0.25) is 5.02 Å². The number of hydrogen-bond donors (Lipinski definition) is 2. The Balaban J connectivity index is 1.62. The lowest BCUT2D eigenvalue weighted by Gasteiger charge is -2.27. The Labute approximate surface area is 233 Å². The molecule has 5 rings (SSSR count). The molecule has 0 fully saturated rings. The highest BCUT2D eigenvalue weighted by Gasteiger charge is 2.45. The summed E-state index contributed by atoms with van der Waals surface area (Å²) in [4.78, 5) is 41.1. The third-order valence-electron chi connectivity index (χ3n) is 6.45. The summed E-state index contributed by atoms with van der Waals surface area (Å²) in [5.74, 6) is -2.79. The number of benzene rings is 3. The lowest BCUT2D eigenvalue weighted by molar-refractivity contribution is -0.117. The van der Waals surface area contributed by atoms with Crippen molar-refractivity contribution < 1.29 is 38.5 Å². The molecule has 0 aliphatic carbocycles. The van der Waals surface area contributed by atoms with Crippen LogP contribution in [0.25, 0.3) is 11.0 Å². The van der Waals surface area contributed by atoms with Gasteiger partial charge in [0.25, 0.3) is 5.91 Å². The number of carbonyl (C=O) groups excluding carboxylic acids is 3. The first kappa shape index (κ1) is 26.8. The van der Waals surface area contributed by atoms with Crippen molar-refractivity contribution in [3.05, 3.63) is 100.0 Å². The minimum absolute atomic E-state index is 0.0253. The predicted molar refractivity (Wildman–Crippen MR) is 147 cm³/mol. The van der Waals surface area contributed by atoms with Crippen LogP contribution >= 0.6 is 11.6 Å². The van der Waals surface area contributed by atoms with Crippen molar-refractivity contribution in [1.29, 1.82) is 0 Å². The third-order valence-corrected chi connectivity index (χ3v) is 6.67. The number of phenolic OH excluding ortho intramolecular Hbond substituents is 1. The summed E-state index contributed by atoms with van der Waals surface area (Å²) in [6.45, 7) is 2.10. The number of hydrogen-bond acceptors (Lipinski definition) is 8. The number of aliphatic hydroxyl groups is 1. The van der Waals surface area contributed by atoms with Gasteiger partial charge in [0.2, 0.25) is 5.78 Å². The maximum absolute atomic E-state index is 13.9. The lowest BCUT2D eigenvalue weighted by atomic mass is 9.94. The molecule has 204 valence electrons. The van der Waals surface area contributed by atoms with Crippen molar-refractivity contribution in [2.45, 2.75) is 19.4 Å². The second-order valence-corrected chi connectivity index (χ2v) is 9.52. The minimum Gasteiger partial charge on any atom is -0.508 e. The highest BCUT2D eigenvalue weighted by Crippen LogP contribution is 2.43. The number of fused-ring (bicyclic) bond motifs is 1. The van der Waals surface area contributed by atoms with E-state index in [1.165, 1.54) is 54.5 Å². The number of furan rings is 1. The standard InChI is InChI=1S/C30H24ClNO8/c1-3-11-39-30(37)17-5-4-6-20(13-17)32-25(16-7-9-21(33)10-8-16)24(27(35)29(32)36)26(34)22-14-18-12-19(31)15-23(38-2)28(18)40-22/h4-10,12-15,25,33,35H,3,11H2,1-2H3. The zero-order valence-electron chi connectivity index (χ0n) is 21.5. The first-order valence-corrected chi connectivity index (χ1v) is 12.8. The predicted octanol–water partition coefficient (Wildman–Crippen LogP) is 6.15. The van der Waals surface area contributed by atoms with Crippen LogP contribution in [0.3, 0.4) is 0 Å². The number of nitrogens with zero attached hydrogens (tertiary/aromatic N) is 1. The van der Waals surface area contributed by atoms with Gasteiger partial charge >= 0.3 is 5.97 Å². The summed E-state index contributed by atoms with van der Waals surface area (Å²) in [6.07, 6.45) is 0.641. The van der Waals surface area contributed by atoms with Gasteiger partial charge in [-0.15, -0.1) is 0 Å². The first-order chi connectivity index (χ1) is 19.2. The molecule has 1 unspecified atom stereocenters. The fraction of sp³-hybridized carbons (Fsp3) is 0.167. The summed E-state index contributed by atoms with van der Waals surface area (Å²) in [5, 5.41) is 21.8. The second kappa shape index (κ2) is 10.8. The van der Waals surface area contributed by atoms with Crippen LogP contribution in [0.15, 0.2) is 82.5 Å². The number of methoxy groups -OCH3 is 1. The summed E-state index contributed by atoms with van der Waals surface area (Å²) < 4.78 is 16.4.